The molecular weight excluding hydrogens is 510 g/mol. The van der Waals surface area contributed by atoms with Crippen LogP contribution < -0.4 is 11.1 Å². The van der Waals surface area contributed by atoms with Crippen molar-refractivity contribution in [2.45, 2.75) is 40.2 Å². The van der Waals surface area contributed by atoms with E-state index in [-0.39, 0.29) is 17.2 Å². The van der Waals surface area contributed by atoms with Crippen molar-refractivity contribution in [2.24, 2.45) is 0 Å². The maximum atomic E-state index is 13.2. The molecule has 0 radical (unpaired) electrons. The number of anilines is 2. The number of imidazole rings is 2. The van der Waals surface area contributed by atoms with Crippen LogP contribution in [0, 0.1) is 25.5 Å². The van der Waals surface area contributed by atoms with E-state index in [1.165, 1.54) is 24.3 Å². The van der Waals surface area contributed by atoms with Crippen molar-refractivity contribution in [3.63, 3.8) is 0 Å². The Bertz CT molecular complexity index is 1800. The highest BCUT2D eigenvalue weighted by molar-refractivity contribution is 5.77. The van der Waals surface area contributed by atoms with Gasteiger partial charge in [-0.25, -0.2) is 18.7 Å². The summed E-state index contributed by atoms with van der Waals surface area (Å²) in [5.41, 5.74) is 12.2. The molecule has 204 valence electrons. The van der Waals surface area contributed by atoms with E-state index in [9.17, 15) is 8.78 Å². The molecule has 0 unspecified atom stereocenters. The maximum Gasteiger partial charge on any atom is 0.157 e. The van der Waals surface area contributed by atoms with Gasteiger partial charge in [0.2, 0.25) is 0 Å². The van der Waals surface area contributed by atoms with Crippen LogP contribution in [0.25, 0.3) is 33.8 Å². The van der Waals surface area contributed by atoms with E-state index >= 15 is 0 Å². The zero-order chi connectivity index (χ0) is 28.6. The molecule has 10 heteroatoms. The average Bonchev–Trinajstić information content (AvgIpc) is 3.41. The first-order valence-electron chi connectivity index (χ1n) is 12.7. The van der Waals surface area contributed by atoms with Gasteiger partial charge in [-0.2, -0.15) is 0 Å². The van der Waals surface area contributed by atoms with E-state index in [1.807, 2.05) is 30.6 Å². The lowest BCUT2D eigenvalue weighted by atomic mass is 10.1. The summed E-state index contributed by atoms with van der Waals surface area (Å²) in [6, 6.07) is 12.5. The van der Waals surface area contributed by atoms with Gasteiger partial charge < -0.3 is 11.1 Å². The Morgan fingerprint density at radius 1 is 0.700 bits per heavy atom. The molecule has 6 rings (SSSR count). The van der Waals surface area contributed by atoms with Crippen LogP contribution >= 0.6 is 0 Å². The molecule has 0 amide bonds. The number of nitrogen functional groups attached to an aromatic ring is 1. The van der Waals surface area contributed by atoms with Crippen LogP contribution in [-0.2, 0) is 0 Å². The van der Waals surface area contributed by atoms with Gasteiger partial charge in [0.1, 0.15) is 34.7 Å². The standard InChI is InChI=1S/C17H19FN4.C13H11FN4/c1-11-10-22-14(9-19-11)20-15(16(22)21-17(2,3)4)12-5-7-13(18)8-6-12;1-8-7-18-11(6-16-8)17-12(13(18)15)9-2-4-10(14)5-3-9/h5-10,21H,1-4H3;2-7H,15H2,1H3. The number of nitrogens with two attached hydrogens (primary N) is 1. The topological polar surface area (TPSA) is 98.4 Å². The fourth-order valence-corrected chi connectivity index (χ4v) is 4.22. The average molecular weight is 541 g/mol. The highest BCUT2D eigenvalue weighted by Crippen LogP contribution is 2.31. The number of nitrogens with zero attached hydrogens (tertiary/aromatic N) is 6. The second-order valence-electron chi connectivity index (χ2n) is 10.6. The summed E-state index contributed by atoms with van der Waals surface area (Å²) in [5.74, 6) is 0.885. The molecule has 0 atom stereocenters. The van der Waals surface area contributed by atoms with Gasteiger partial charge in [-0.15, -0.1) is 0 Å². The van der Waals surface area contributed by atoms with Gasteiger partial charge in [-0.05, 0) is 83.1 Å². The van der Waals surface area contributed by atoms with Crippen molar-refractivity contribution in [1.29, 1.82) is 0 Å². The lowest BCUT2D eigenvalue weighted by Crippen LogP contribution is -2.27. The first-order valence-corrected chi connectivity index (χ1v) is 12.7. The molecule has 0 bridgehead atoms. The van der Waals surface area contributed by atoms with Crippen molar-refractivity contribution >= 4 is 22.9 Å². The highest BCUT2D eigenvalue weighted by Gasteiger charge is 2.19. The number of hydrogen-bond acceptors (Lipinski definition) is 6. The third-order valence-electron chi connectivity index (χ3n) is 6.04. The van der Waals surface area contributed by atoms with Crippen LogP contribution in [0.3, 0.4) is 0 Å². The molecule has 0 aliphatic rings. The number of aromatic nitrogens is 6. The number of aryl methyl sites for hydroxylation is 2. The molecule has 0 aliphatic carbocycles. The molecule has 0 fully saturated rings. The quantitative estimate of drug-likeness (QED) is 0.267. The molecule has 4 aromatic heterocycles. The summed E-state index contributed by atoms with van der Waals surface area (Å²) in [6.45, 7) is 10.1. The van der Waals surface area contributed by atoms with Gasteiger partial charge in [-0.3, -0.25) is 18.8 Å². The maximum absolute atomic E-state index is 13.2. The van der Waals surface area contributed by atoms with E-state index in [0.29, 0.717) is 17.2 Å². The first kappa shape index (κ1) is 26.7. The summed E-state index contributed by atoms with van der Waals surface area (Å²) in [5, 5.41) is 3.49. The lowest BCUT2D eigenvalue weighted by Gasteiger charge is -2.22. The van der Waals surface area contributed by atoms with Crippen LogP contribution in [0.1, 0.15) is 32.2 Å². The molecule has 40 heavy (non-hydrogen) atoms. The van der Waals surface area contributed by atoms with Crippen LogP contribution in [0.2, 0.25) is 0 Å². The number of fused-ring (bicyclic) bond motifs is 2. The molecule has 3 N–H and O–H groups in total. The SMILES string of the molecule is Cc1cn2c(N)c(-c3ccc(F)cc3)nc2cn1.Cc1cn2c(NC(C)(C)C)c(-c3ccc(F)cc3)nc2cn1. The Morgan fingerprint density at radius 3 is 1.68 bits per heavy atom. The van der Waals surface area contributed by atoms with E-state index in [4.69, 9.17) is 5.73 Å². The number of hydrogen-bond donors (Lipinski definition) is 2. The third kappa shape index (κ3) is 5.61. The van der Waals surface area contributed by atoms with E-state index in [1.54, 1.807) is 41.1 Å². The largest absolute Gasteiger partial charge is 0.383 e. The second kappa shape index (κ2) is 10.4. The van der Waals surface area contributed by atoms with Gasteiger partial charge in [-0.1, -0.05) is 0 Å². The summed E-state index contributed by atoms with van der Waals surface area (Å²) >= 11 is 0. The van der Waals surface area contributed by atoms with Gasteiger partial charge >= 0.3 is 0 Å². The number of benzene rings is 2. The Morgan fingerprint density at radius 2 is 1.15 bits per heavy atom. The van der Waals surface area contributed by atoms with Crippen molar-refractivity contribution in [3.05, 3.63) is 96.3 Å². The monoisotopic (exact) mass is 540 g/mol. The highest BCUT2D eigenvalue weighted by atomic mass is 19.1. The molecule has 0 aliphatic heterocycles. The van der Waals surface area contributed by atoms with Crippen LogP contribution in [0.4, 0.5) is 20.4 Å². The Labute approximate surface area is 230 Å². The minimum absolute atomic E-state index is 0.123. The van der Waals surface area contributed by atoms with Crippen LogP contribution in [0.15, 0.2) is 73.3 Å². The molecule has 0 spiro atoms. The molecule has 0 saturated heterocycles. The minimum atomic E-state index is -0.279. The van der Waals surface area contributed by atoms with Crippen LogP contribution in [-0.4, -0.2) is 34.3 Å². The van der Waals surface area contributed by atoms with E-state index in [2.05, 4.69) is 46.0 Å². The minimum Gasteiger partial charge on any atom is -0.383 e. The normalized spacial score (nSPS) is 11.5. The number of nitrogens with one attached hydrogen (secondary N) is 1. The summed E-state index contributed by atoms with van der Waals surface area (Å²) in [4.78, 5) is 17.5. The van der Waals surface area contributed by atoms with Crippen molar-refractivity contribution in [3.8, 4) is 22.5 Å². The van der Waals surface area contributed by atoms with Crippen molar-refractivity contribution < 1.29 is 8.78 Å². The summed E-state index contributed by atoms with van der Waals surface area (Å²) in [7, 11) is 0. The van der Waals surface area contributed by atoms with Crippen molar-refractivity contribution in [1.82, 2.24) is 28.7 Å². The second-order valence-corrected chi connectivity index (χ2v) is 10.6. The smallest absolute Gasteiger partial charge is 0.157 e. The lowest BCUT2D eigenvalue weighted by molar-refractivity contribution is 0.627. The van der Waals surface area contributed by atoms with E-state index in [0.717, 1.165) is 39.7 Å². The van der Waals surface area contributed by atoms with Gasteiger partial charge in [0.05, 0.1) is 23.8 Å². The summed E-state index contributed by atoms with van der Waals surface area (Å²) in [6.07, 6.45) is 7.18. The molecule has 6 aromatic rings. The van der Waals surface area contributed by atoms with Crippen LogP contribution in [0.5, 0.6) is 0 Å². The third-order valence-corrected chi connectivity index (χ3v) is 6.04. The Kier molecular flexibility index (Phi) is 6.93. The first-order chi connectivity index (χ1) is 19.0. The Hall–Kier alpha value is -4.86. The van der Waals surface area contributed by atoms with Gasteiger partial charge in [0.15, 0.2) is 11.3 Å². The predicted octanol–water partition coefficient (Wildman–Crippen LogP) is 6.48. The molecule has 8 nitrogen and oxygen atoms in total. The van der Waals surface area contributed by atoms with E-state index < -0.39 is 0 Å². The van der Waals surface area contributed by atoms with Crippen molar-refractivity contribution in [2.75, 3.05) is 11.1 Å². The fourth-order valence-electron chi connectivity index (χ4n) is 4.22. The van der Waals surface area contributed by atoms with Gasteiger partial charge in [0.25, 0.3) is 0 Å². The number of halogens is 2. The number of rotatable bonds is 3. The molecule has 4 heterocycles. The Balaban J connectivity index is 0.000000164. The van der Waals surface area contributed by atoms with Gasteiger partial charge in [0, 0.05) is 29.1 Å². The zero-order valence-electron chi connectivity index (χ0n) is 22.9. The predicted molar refractivity (Wildman–Crippen MR) is 154 cm³/mol. The molecular formula is C30H30F2N8. The fraction of sp³-hybridized carbons (Fsp3) is 0.200. The molecule has 2 aromatic carbocycles. The summed E-state index contributed by atoms with van der Waals surface area (Å²) < 4.78 is 29.8. The zero-order valence-corrected chi connectivity index (χ0v) is 22.9. The molecule has 0 saturated carbocycles.